The van der Waals surface area contributed by atoms with Crippen LogP contribution in [0.2, 0.25) is 0 Å². The number of fused-ring (bicyclic) bond motifs is 2. The van der Waals surface area contributed by atoms with E-state index >= 15 is 0 Å². The summed E-state index contributed by atoms with van der Waals surface area (Å²) in [4.78, 5) is 0. The lowest BCUT2D eigenvalue weighted by molar-refractivity contribution is 0.0316. The van der Waals surface area contributed by atoms with Crippen LogP contribution in [0.15, 0.2) is 34.8 Å². The van der Waals surface area contributed by atoms with Gasteiger partial charge in [-0.1, -0.05) is 47.5 Å². The maximum atomic E-state index is 12.6. The summed E-state index contributed by atoms with van der Waals surface area (Å²) >= 11 is 3.71. The standard InChI is InChI=1S/C18H24BrNO2S/c1-11(2)9-14-17-16-12(7-6-8-13(16)19)15(10-18(17,3)4)20(14)23(5,21)22/h6-8,14-15,17H,1,9-10H2,2-5H3/t14-,15-,17-/m0/s1. The minimum Gasteiger partial charge on any atom is -0.212 e. The average Bonchev–Trinajstić information content (AvgIpc) is 2.36. The van der Waals surface area contributed by atoms with Crippen molar-refractivity contribution in [1.82, 2.24) is 4.31 Å². The Labute approximate surface area is 147 Å². The number of halogens is 1. The average molecular weight is 398 g/mol. The molecule has 2 heterocycles. The third kappa shape index (κ3) is 2.71. The van der Waals surface area contributed by atoms with Crippen LogP contribution in [0.3, 0.4) is 0 Å². The highest BCUT2D eigenvalue weighted by Gasteiger charge is 2.56. The molecule has 3 atom stereocenters. The Bertz CT molecular complexity index is 769. The van der Waals surface area contributed by atoms with E-state index < -0.39 is 10.0 Å². The fourth-order valence-electron chi connectivity index (χ4n) is 4.66. The molecule has 0 amide bonds. The van der Waals surface area contributed by atoms with E-state index in [1.54, 1.807) is 4.31 Å². The fraction of sp³-hybridized carbons (Fsp3) is 0.556. The van der Waals surface area contributed by atoms with Gasteiger partial charge in [0.15, 0.2) is 0 Å². The Morgan fingerprint density at radius 3 is 2.65 bits per heavy atom. The van der Waals surface area contributed by atoms with Crippen LogP contribution >= 0.6 is 15.9 Å². The van der Waals surface area contributed by atoms with Crippen molar-refractivity contribution >= 4 is 26.0 Å². The first-order valence-corrected chi connectivity index (χ1v) is 10.6. The van der Waals surface area contributed by atoms with Crippen LogP contribution in [-0.2, 0) is 10.0 Å². The largest absolute Gasteiger partial charge is 0.212 e. The SMILES string of the molecule is C=C(C)C[C@H]1[C@H]2c3c(Br)cccc3[C@H](CC2(C)C)N1S(C)(=O)=O. The first kappa shape index (κ1) is 17.2. The van der Waals surface area contributed by atoms with E-state index in [1.807, 2.05) is 13.0 Å². The summed E-state index contributed by atoms with van der Waals surface area (Å²) in [5.74, 6) is 0.171. The van der Waals surface area contributed by atoms with Gasteiger partial charge in [0.05, 0.1) is 12.3 Å². The molecular weight excluding hydrogens is 374 g/mol. The molecule has 1 aromatic carbocycles. The summed E-state index contributed by atoms with van der Waals surface area (Å²) in [6, 6.07) is 6.02. The topological polar surface area (TPSA) is 37.4 Å². The zero-order valence-corrected chi connectivity index (χ0v) is 16.5. The number of nitrogens with zero attached hydrogens (tertiary/aromatic N) is 1. The number of hydrogen-bond donors (Lipinski definition) is 0. The second-order valence-electron chi connectivity index (χ2n) is 7.75. The highest BCUT2D eigenvalue weighted by atomic mass is 79.9. The normalized spacial score (nSPS) is 29.3. The lowest BCUT2D eigenvalue weighted by Gasteiger charge is -2.58. The lowest BCUT2D eigenvalue weighted by atomic mass is 9.58. The van der Waals surface area contributed by atoms with Crippen molar-refractivity contribution in [3.05, 3.63) is 46.0 Å². The maximum Gasteiger partial charge on any atom is 0.212 e. The summed E-state index contributed by atoms with van der Waals surface area (Å²) < 4.78 is 28.0. The summed E-state index contributed by atoms with van der Waals surface area (Å²) in [6.45, 7) is 10.5. The third-order valence-corrected chi connectivity index (χ3v) is 7.26. The minimum absolute atomic E-state index is 0.0533. The van der Waals surface area contributed by atoms with Crippen molar-refractivity contribution in [3.63, 3.8) is 0 Å². The van der Waals surface area contributed by atoms with Gasteiger partial charge >= 0.3 is 0 Å². The number of piperidine rings is 1. The second kappa shape index (κ2) is 5.43. The molecule has 0 N–H and O–H groups in total. The monoisotopic (exact) mass is 397 g/mol. The van der Waals surface area contributed by atoms with E-state index in [2.05, 4.69) is 48.5 Å². The quantitative estimate of drug-likeness (QED) is 0.697. The molecule has 0 spiro atoms. The van der Waals surface area contributed by atoms with Crippen molar-refractivity contribution < 1.29 is 8.42 Å². The predicted molar refractivity (Wildman–Crippen MR) is 97.9 cm³/mol. The molecule has 1 aromatic rings. The van der Waals surface area contributed by atoms with Gasteiger partial charge in [0.2, 0.25) is 10.0 Å². The molecule has 3 nitrogen and oxygen atoms in total. The fourth-order valence-corrected chi connectivity index (χ4v) is 6.63. The Hall–Kier alpha value is -0.650. The highest BCUT2D eigenvalue weighted by molar-refractivity contribution is 9.10. The smallest absolute Gasteiger partial charge is 0.212 e. The van der Waals surface area contributed by atoms with Gasteiger partial charge in [-0.25, -0.2) is 8.42 Å². The van der Waals surface area contributed by atoms with Crippen LogP contribution in [0.5, 0.6) is 0 Å². The van der Waals surface area contributed by atoms with Crippen molar-refractivity contribution in [3.8, 4) is 0 Å². The summed E-state index contributed by atoms with van der Waals surface area (Å²) in [5, 5.41) is 0. The van der Waals surface area contributed by atoms with E-state index in [9.17, 15) is 8.42 Å². The van der Waals surface area contributed by atoms with Crippen LogP contribution in [0, 0.1) is 5.41 Å². The van der Waals surface area contributed by atoms with Gasteiger partial charge in [-0.3, -0.25) is 0 Å². The van der Waals surface area contributed by atoms with E-state index in [1.165, 1.54) is 11.8 Å². The Kier molecular flexibility index (Phi) is 4.06. The Morgan fingerprint density at radius 2 is 2.09 bits per heavy atom. The van der Waals surface area contributed by atoms with E-state index in [4.69, 9.17) is 0 Å². The second-order valence-corrected chi connectivity index (χ2v) is 10.5. The summed E-state index contributed by atoms with van der Waals surface area (Å²) in [7, 11) is -3.28. The van der Waals surface area contributed by atoms with E-state index in [0.717, 1.165) is 22.0 Å². The molecule has 0 saturated carbocycles. The molecule has 5 heteroatoms. The molecular formula is C18H24BrNO2S. The molecule has 0 unspecified atom stereocenters. The van der Waals surface area contributed by atoms with Gasteiger partial charge in [0, 0.05) is 16.4 Å². The number of sulfonamides is 1. The molecule has 2 bridgehead atoms. The predicted octanol–water partition coefficient (Wildman–Crippen LogP) is 4.61. The number of rotatable bonds is 3. The van der Waals surface area contributed by atoms with Gasteiger partial charge in [0.25, 0.3) is 0 Å². The first-order chi connectivity index (χ1) is 10.5. The van der Waals surface area contributed by atoms with Crippen molar-refractivity contribution in [2.24, 2.45) is 5.41 Å². The van der Waals surface area contributed by atoms with Gasteiger partial charge in [-0.05, 0) is 42.4 Å². The summed E-state index contributed by atoms with van der Waals surface area (Å²) in [5.41, 5.74) is 3.54. The molecule has 3 aliphatic rings. The van der Waals surface area contributed by atoms with Crippen LogP contribution in [0.25, 0.3) is 0 Å². The van der Waals surface area contributed by atoms with Gasteiger partial charge in [-0.15, -0.1) is 6.58 Å². The highest BCUT2D eigenvalue weighted by Crippen LogP contribution is 2.61. The van der Waals surface area contributed by atoms with Crippen LogP contribution in [0.4, 0.5) is 0 Å². The van der Waals surface area contributed by atoms with Gasteiger partial charge in [-0.2, -0.15) is 4.31 Å². The molecule has 0 radical (unpaired) electrons. The summed E-state index contributed by atoms with van der Waals surface area (Å²) in [6.07, 6.45) is 2.91. The number of benzene rings is 1. The van der Waals surface area contributed by atoms with E-state index in [-0.39, 0.29) is 23.4 Å². The van der Waals surface area contributed by atoms with Gasteiger partial charge < -0.3 is 0 Å². The molecule has 4 rings (SSSR count). The third-order valence-electron chi connectivity index (χ3n) is 5.28. The molecule has 23 heavy (non-hydrogen) atoms. The number of hydrogen-bond acceptors (Lipinski definition) is 2. The molecule has 0 aromatic heterocycles. The molecule has 2 aliphatic heterocycles. The minimum atomic E-state index is -3.28. The molecule has 1 aliphatic carbocycles. The maximum absolute atomic E-state index is 12.6. The molecule has 1 fully saturated rings. The zero-order chi connectivity index (χ0) is 17.2. The van der Waals surface area contributed by atoms with Crippen LogP contribution < -0.4 is 0 Å². The van der Waals surface area contributed by atoms with Crippen LogP contribution in [-0.4, -0.2) is 25.0 Å². The van der Waals surface area contributed by atoms with Crippen molar-refractivity contribution in [1.29, 1.82) is 0 Å². The Morgan fingerprint density at radius 1 is 1.43 bits per heavy atom. The van der Waals surface area contributed by atoms with Gasteiger partial charge in [0.1, 0.15) is 0 Å². The van der Waals surface area contributed by atoms with Crippen molar-refractivity contribution in [2.75, 3.05) is 6.26 Å². The molecule has 1 saturated heterocycles. The molecule has 126 valence electrons. The zero-order valence-electron chi connectivity index (χ0n) is 14.1. The van der Waals surface area contributed by atoms with Crippen LogP contribution in [0.1, 0.15) is 56.7 Å². The van der Waals surface area contributed by atoms with Crippen molar-refractivity contribution in [2.45, 2.75) is 51.6 Å². The lowest BCUT2D eigenvalue weighted by Crippen LogP contribution is -2.58. The van der Waals surface area contributed by atoms with E-state index in [0.29, 0.717) is 6.42 Å². The first-order valence-electron chi connectivity index (χ1n) is 7.95. The Balaban J connectivity index is 2.27.